The smallest absolute Gasteiger partial charge is 0.165 e. The molecule has 1 saturated heterocycles. The molecule has 0 amide bonds. The van der Waals surface area contributed by atoms with Crippen LogP contribution in [-0.2, 0) is 4.74 Å². The van der Waals surface area contributed by atoms with Crippen molar-refractivity contribution >= 4 is 11.2 Å². The minimum absolute atomic E-state index is 0.196. The summed E-state index contributed by atoms with van der Waals surface area (Å²) in [5, 5.41) is 18.8. The van der Waals surface area contributed by atoms with Gasteiger partial charge in [0, 0.05) is 6.42 Å². The molecular formula is C11H14N4O3. The van der Waals surface area contributed by atoms with E-state index in [-0.39, 0.29) is 12.8 Å². The lowest BCUT2D eigenvalue weighted by Gasteiger charge is -2.13. The zero-order valence-corrected chi connectivity index (χ0v) is 9.89. The number of imidazole rings is 1. The molecular weight excluding hydrogens is 236 g/mol. The zero-order valence-electron chi connectivity index (χ0n) is 9.89. The van der Waals surface area contributed by atoms with Gasteiger partial charge in [-0.15, -0.1) is 0 Å². The van der Waals surface area contributed by atoms with Gasteiger partial charge in [0.05, 0.1) is 24.7 Å². The van der Waals surface area contributed by atoms with Crippen molar-refractivity contribution in [3.63, 3.8) is 0 Å². The number of hydrogen-bond donors (Lipinski definition) is 2. The summed E-state index contributed by atoms with van der Waals surface area (Å²) in [6.45, 7) is 1.67. The monoisotopic (exact) mass is 250 g/mol. The molecule has 7 heteroatoms. The van der Waals surface area contributed by atoms with E-state index >= 15 is 0 Å². The normalized spacial score (nSPS) is 28.1. The highest BCUT2D eigenvalue weighted by Crippen LogP contribution is 2.30. The van der Waals surface area contributed by atoms with E-state index < -0.39 is 12.2 Å². The van der Waals surface area contributed by atoms with E-state index in [2.05, 4.69) is 15.0 Å². The van der Waals surface area contributed by atoms with E-state index in [0.29, 0.717) is 12.1 Å². The fraction of sp³-hybridized carbons (Fsp3) is 0.545. The van der Waals surface area contributed by atoms with Crippen molar-refractivity contribution in [3.8, 4) is 0 Å². The summed E-state index contributed by atoms with van der Waals surface area (Å²) in [5.41, 5.74) is 2.21. The first kappa shape index (κ1) is 11.5. The lowest BCUT2D eigenvalue weighted by molar-refractivity contribution is -0.0432. The van der Waals surface area contributed by atoms with Crippen LogP contribution in [0.25, 0.3) is 11.2 Å². The molecule has 1 fully saturated rings. The predicted octanol–water partition coefficient (Wildman–Crippen LogP) is -0.225. The molecule has 3 atom stereocenters. The number of aromatic nitrogens is 4. The summed E-state index contributed by atoms with van der Waals surface area (Å²) in [7, 11) is 0. The molecule has 0 aliphatic carbocycles. The van der Waals surface area contributed by atoms with Crippen LogP contribution < -0.4 is 0 Å². The topological polar surface area (TPSA) is 93.3 Å². The Kier molecular flexibility index (Phi) is 2.73. The quantitative estimate of drug-likeness (QED) is 0.765. The molecule has 1 aliphatic heterocycles. The van der Waals surface area contributed by atoms with Gasteiger partial charge in [0.15, 0.2) is 5.65 Å². The molecule has 0 bridgehead atoms. The van der Waals surface area contributed by atoms with Gasteiger partial charge < -0.3 is 14.9 Å². The van der Waals surface area contributed by atoms with Gasteiger partial charge in [-0.2, -0.15) is 0 Å². The molecule has 0 unspecified atom stereocenters. The molecule has 18 heavy (non-hydrogen) atoms. The van der Waals surface area contributed by atoms with Gasteiger partial charge in [-0.05, 0) is 6.92 Å². The van der Waals surface area contributed by atoms with Crippen molar-refractivity contribution in [2.24, 2.45) is 0 Å². The van der Waals surface area contributed by atoms with Crippen LogP contribution in [0.5, 0.6) is 0 Å². The van der Waals surface area contributed by atoms with Gasteiger partial charge in [-0.25, -0.2) is 15.0 Å². The number of nitrogens with zero attached hydrogens (tertiary/aromatic N) is 4. The average Bonchev–Trinajstić information content (AvgIpc) is 2.93. The van der Waals surface area contributed by atoms with Gasteiger partial charge in [0.1, 0.15) is 24.2 Å². The summed E-state index contributed by atoms with van der Waals surface area (Å²) in [6.07, 6.45) is 1.96. The Balaban J connectivity index is 1.99. The standard InChI is InChI=1S/C11H14N4O3/c1-6-10-11(13-4-12-6)15(5-14-10)9-2-7(17)8(3-16)18-9/h4-5,7-9,16-17H,2-3H2,1H3/t7-,8+,9-/m1/s1. The van der Waals surface area contributed by atoms with Crippen LogP contribution in [0.2, 0.25) is 0 Å². The molecule has 0 spiro atoms. The Hall–Kier alpha value is -1.57. The van der Waals surface area contributed by atoms with E-state index in [4.69, 9.17) is 9.84 Å². The van der Waals surface area contributed by atoms with E-state index in [1.807, 2.05) is 6.92 Å². The molecule has 0 aromatic carbocycles. The highest BCUT2D eigenvalue weighted by molar-refractivity contribution is 5.72. The summed E-state index contributed by atoms with van der Waals surface area (Å²) in [4.78, 5) is 12.5. The van der Waals surface area contributed by atoms with Crippen LogP contribution in [0.3, 0.4) is 0 Å². The third-order valence-electron chi connectivity index (χ3n) is 3.24. The zero-order chi connectivity index (χ0) is 12.7. The van der Waals surface area contributed by atoms with Crippen LogP contribution >= 0.6 is 0 Å². The van der Waals surface area contributed by atoms with Gasteiger partial charge in [-0.3, -0.25) is 4.57 Å². The van der Waals surface area contributed by atoms with E-state index in [0.717, 1.165) is 11.2 Å². The van der Waals surface area contributed by atoms with Gasteiger partial charge in [0.25, 0.3) is 0 Å². The molecule has 0 saturated carbocycles. The van der Waals surface area contributed by atoms with Gasteiger partial charge in [-0.1, -0.05) is 0 Å². The molecule has 2 N–H and O–H groups in total. The molecule has 96 valence electrons. The van der Waals surface area contributed by atoms with Crippen LogP contribution in [0.1, 0.15) is 18.3 Å². The first-order chi connectivity index (χ1) is 8.70. The van der Waals surface area contributed by atoms with Gasteiger partial charge >= 0.3 is 0 Å². The van der Waals surface area contributed by atoms with Crippen LogP contribution in [0.15, 0.2) is 12.7 Å². The fourth-order valence-electron chi connectivity index (χ4n) is 2.23. The third kappa shape index (κ3) is 1.67. The van der Waals surface area contributed by atoms with E-state index in [1.54, 1.807) is 10.9 Å². The van der Waals surface area contributed by atoms with Crippen molar-refractivity contribution < 1.29 is 14.9 Å². The van der Waals surface area contributed by atoms with Crippen molar-refractivity contribution in [3.05, 3.63) is 18.3 Å². The minimum Gasteiger partial charge on any atom is -0.394 e. The first-order valence-electron chi connectivity index (χ1n) is 5.79. The van der Waals surface area contributed by atoms with Crippen LogP contribution in [0, 0.1) is 6.92 Å². The minimum atomic E-state index is -0.666. The molecule has 3 heterocycles. The Labute approximate surface area is 103 Å². The Morgan fingerprint density at radius 2 is 2.28 bits per heavy atom. The number of aliphatic hydroxyl groups is 2. The maximum absolute atomic E-state index is 9.73. The Morgan fingerprint density at radius 3 is 3.00 bits per heavy atom. The first-order valence-corrected chi connectivity index (χ1v) is 5.79. The Morgan fingerprint density at radius 1 is 1.44 bits per heavy atom. The second-order valence-corrected chi connectivity index (χ2v) is 4.40. The van der Waals surface area contributed by atoms with Crippen molar-refractivity contribution in [2.45, 2.75) is 31.8 Å². The fourth-order valence-corrected chi connectivity index (χ4v) is 2.23. The van der Waals surface area contributed by atoms with Crippen molar-refractivity contribution in [1.29, 1.82) is 0 Å². The molecule has 3 rings (SSSR count). The number of ether oxygens (including phenoxy) is 1. The van der Waals surface area contributed by atoms with Crippen molar-refractivity contribution in [2.75, 3.05) is 6.61 Å². The number of hydrogen-bond acceptors (Lipinski definition) is 6. The summed E-state index contributed by atoms with van der Waals surface area (Å²) in [5.74, 6) is 0. The number of fused-ring (bicyclic) bond motifs is 1. The van der Waals surface area contributed by atoms with Gasteiger partial charge in [0.2, 0.25) is 0 Å². The summed E-state index contributed by atoms with van der Waals surface area (Å²) < 4.78 is 7.34. The van der Waals surface area contributed by atoms with E-state index in [9.17, 15) is 5.11 Å². The maximum Gasteiger partial charge on any atom is 0.165 e. The summed E-state index contributed by atoms with van der Waals surface area (Å²) in [6, 6.07) is 0. The molecule has 2 aromatic rings. The Bertz CT molecular complexity index is 570. The largest absolute Gasteiger partial charge is 0.394 e. The SMILES string of the molecule is Cc1ncnc2c1ncn2[C@H]1C[C@@H](O)[C@H](CO)O1. The lowest BCUT2D eigenvalue weighted by Crippen LogP contribution is -2.24. The van der Waals surface area contributed by atoms with Crippen LogP contribution in [-0.4, -0.2) is 48.5 Å². The second kappa shape index (κ2) is 4.27. The molecule has 1 aliphatic rings. The molecule has 2 aromatic heterocycles. The highest BCUT2D eigenvalue weighted by Gasteiger charge is 2.35. The van der Waals surface area contributed by atoms with E-state index in [1.165, 1.54) is 6.33 Å². The van der Waals surface area contributed by atoms with Crippen LogP contribution in [0.4, 0.5) is 0 Å². The predicted molar refractivity (Wildman–Crippen MR) is 61.7 cm³/mol. The van der Waals surface area contributed by atoms with Crippen molar-refractivity contribution in [1.82, 2.24) is 19.5 Å². The number of aryl methyl sites for hydroxylation is 1. The second-order valence-electron chi connectivity index (χ2n) is 4.40. The number of aliphatic hydroxyl groups excluding tert-OH is 2. The molecule has 0 radical (unpaired) electrons. The maximum atomic E-state index is 9.73. The average molecular weight is 250 g/mol. The summed E-state index contributed by atoms with van der Waals surface area (Å²) >= 11 is 0. The third-order valence-corrected chi connectivity index (χ3v) is 3.24. The lowest BCUT2D eigenvalue weighted by atomic mass is 10.2. The highest BCUT2D eigenvalue weighted by atomic mass is 16.5. The number of rotatable bonds is 2. The molecule has 7 nitrogen and oxygen atoms in total.